The molecule has 0 bridgehead atoms. The molecule has 3 aromatic rings. The molecule has 140 valence electrons. The number of hydrogen-bond acceptors (Lipinski definition) is 4. The molecule has 1 aliphatic heterocycles. The van der Waals surface area contributed by atoms with Crippen molar-refractivity contribution in [3.05, 3.63) is 53.1 Å². The average Bonchev–Trinajstić information content (AvgIpc) is 3.13. The quantitative estimate of drug-likeness (QED) is 0.682. The summed E-state index contributed by atoms with van der Waals surface area (Å²) in [4.78, 5) is 21.3. The molecule has 0 radical (unpaired) electrons. The molecule has 0 saturated carbocycles. The molecule has 0 unspecified atom stereocenters. The largest absolute Gasteiger partial charge is 0.345 e. The van der Waals surface area contributed by atoms with Gasteiger partial charge in [0, 0.05) is 36.9 Å². The lowest BCUT2D eigenvalue weighted by Crippen LogP contribution is -2.50. The molecule has 1 saturated heterocycles. The first-order chi connectivity index (χ1) is 13.1. The molecule has 27 heavy (non-hydrogen) atoms. The highest BCUT2D eigenvalue weighted by atomic mass is 35.5. The molecule has 1 fully saturated rings. The Balaban J connectivity index is 1.38. The molecule has 2 amide bonds. The van der Waals surface area contributed by atoms with Crippen LogP contribution >= 0.6 is 22.9 Å². The van der Waals surface area contributed by atoms with E-state index in [1.165, 1.54) is 10.3 Å². The van der Waals surface area contributed by atoms with Gasteiger partial charge < -0.3 is 15.1 Å². The van der Waals surface area contributed by atoms with E-state index >= 15 is 0 Å². The zero-order valence-corrected chi connectivity index (χ0v) is 16.7. The first-order valence-electron chi connectivity index (χ1n) is 9.08. The van der Waals surface area contributed by atoms with Crippen LogP contribution in [0.1, 0.15) is 12.5 Å². The number of fused-ring (bicyclic) bond motifs is 1. The molecular weight excluding hydrogens is 380 g/mol. The number of urea groups is 1. The second-order valence-electron chi connectivity index (χ2n) is 6.56. The van der Waals surface area contributed by atoms with Crippen LogP contribution in [0.2, 0.25) is 5.02 Å². The Morgan fingerprint density at radius 2 is 1.89 bits per heavy atom. The maximum atomic E-state index is 12.5. The van der Waals surface area contributed by atoms with Gasteiger partial charge in [-0.05, 0) is 48.4 Å². The number of nitrogens with zero attached hydrogens (tertiary/aromatic N) is 3. The van der Waals surface area contributed by atoms with Crippen LogP contribution in [-0.4, -0.2) is 42.1 Å². The van der Waals surface area contributed by atoms with Crippen molar-refractivity contribution in [2.45, 2.75) is 13.3 Å². The number of thiazole rings is 1. The maximum Gasteiger partial charge on any atom is 0.321 e. The molecule has 2 aromatic carbocycles. The molecule has 2 heterocycles. The van der Waals surface area contributed by atoms with E-state index in [9.17, 15) is 4.79 Å². The van der Waals surface area contributed by atoms with Crippen molar-refractivity contribution in [1.82, 2.24) is 9.88 Å². The minimum absolute atomic E-state index is 0.0751. The number of carbonyl (C=O) groups is 1. The van der Waals surface area contributed by atoms with E-state index in [-0.39, 0.29) is 6.03 Å². The van der Waals surface area contributed by atoms with E-state index in [1.54, 1.807) is 23.5 Å². The number of anilines is 2. The molecule has 5 nitrogen and oxygen atoms in total. The van der Waals surface area contributed by atoms with Crippen LogP contribution in [0.15, 0.2) is 42.5 Å². The summed E-state index contributed by atoms with van der Waals surface area (Å²) in [5, 5.41) is 4.62. The predicted octanol–water partition coefficient (Wildman–Crippen LogP) is 4.87. The van der Waals surface area contributed by atoms with Crippen LogP contribution in [0.25, 0.3) is 10.2 Å². The van der Waals surface area contributed by atoms with Gasteiger partial charge in [-0.1, -0.05) is 35.9 Å². The van der Waals surface area contributed by atoms with Crippen molar-refractivity contribution >= 4 is 50.0 Å². The van der Waals surface area contributed by atoms with Crippen LogP contribution in [0.3, 0.4) is 0 Å². The lowest BCUT2D eigenvalue weighted by molar-refractivity contribution is 0.208. The van der Waals surface area contributed by atoms with Gasteiger partial charge in [0.05, 0.1) is 10.2 Å². The SMILES string of the molecule is CCc1ccc2nc(N3CCN(C(=O)Nc4ccc(Cl)cc4)CC3)sc2c1. The summed E-state index contributed by atoms with van der Waals surface area (Å²) in [5.41, 5.74) is 3.14. The fourth-order valence-electron chi connectivity index (χ4n) is 3.15. The summed E-state index contributed by atoms with van der Waals surface area (Å²) >= 11 is 7.61. The Hall–Kier alpha value is -2.31. The first kappa shape index (κ1) is 18.1. The van der Waals surface area contributed by atoms with Crippen molar-refractivity contribution in [3.8, 4) is 0 Å². The topological polar surface area (TPSA) is 48.5 Å². The van der Waals surface area contributed by atoms with Gasteiger partial charge in [-0.15, -0.1) is 0 Å². The number of carbonyl (C=O) groups excluding carboxylic acids is 1. The van der Waals surface area contributed by atoms with Gasteiger partial charge >= 0.3 is 6.03 Å². The van der Waals surface area contributed by atoms with Crippen LogP contribution in [0.5, 0.6) is 0 Å². The number of piperazine rings is 1. The van der Waals surface area contributed by atoms with Gasteiger partial charge in [0.15, 0.2) is 5.13 Å². The zero-order valence-electron chi connectivity index (χ0n) is 15.1. The van der Waals surface area contributed by atoms with Crippen molar-refractivity contribution < 1.29 is 4.79 Å². The molecule has 0 atom stereocenters. The van der Waals surface area contributed by atoms with Crippen molar-refractivity contribution in [2.75, 3.05) is 36.4 Å². The van der Waals surface area contributed by atoms with Crippen molar-refractivity contribution in [2.24, 2.45) is 0 Å². The molecule has 1 aromatic heterocycles. The third-order valence-corrected chi connectivity index (χ3v) is 6.11. The van der Waals surface area contributed by atoms with Crippen LogP contribution in [0, 0.1) is 0 Å². The van der Waals surface area contributed by atoms with Gasteiger partial charge in [-0.25, -0.2) is 9.78 Å². The summed E-state index contributed by atoms with van der Waals surface area (Å²) in [6.45, 7) is 5.09. The Morgan fingerprint density at radius 3 is 2.59 bits per heavy atom. The molecule has 4 rings (SSSR count). The summed E-state index contributed by atoms with van der Waals surface area (Å²) in [6, 6.07) is 13.6. The number of rotatable bonds is 3. The van der Waals surface area contributed by atoms with E-state index in [1.807, 2.05) is 17.0 Å². The lowest BCUT2D eigenvalue weighted by atomic mass is 10.2. The number of nitrogens with one attached hydrogen (secondary N) is 1. The second kappa shape index (κ2) is 7.74. The van der Waals surface area contributed by atoms with Crippen LogP contribution in [0.4, 0.5) is 15.6 Å². The Kier molecular flexibility index (Phi) is 5.18. The summed E-state index contributed by atoms with van der Waals surface area (Å²) < 4.78 is 1.23. The summed E-state index contributed by atoms with van der Waals surface area (Å²) in [5.74, 6) is 0. The third kappa shape index (κ3) is 4.01. The number of halogens is 1. The number of aromatic nitrogens is 1. The van der Waals surface area contributed by atoms with E-state index in [0.717, 1.165) is 35.8 Å². The molecule has 0 aliphatic carbocycles. The number of benzene rings is 2. The highest BCUT2D eigenvalue weighted by Crippen LogP contribution is 2.30. The van der Waals surface area contributed by atoms with E-state index in [0.29, 0.717) is 18.1 Å². The minimum Gasteiger partial charge on any atom is -0.345 e. The monoisotopic (exact) mass is 400 g/mol. The fourth-order valence-corrected chi connectivity index (χ4v) is 4.36. The summed E-state index contributed by atoms with van der Waals surface area (Å²) in [6.07, 6.45) is 1.03. The fraction of sp³-hybridized carbons (Fsp3) is 0.300. The Morgan fingerprint density at radius 1 is 1.15 bits per heavy atom. The molecule has 7 heteroatoms. The standard InChI is InChI=1S/C20H21ClN4OS/c1-2-14-3-8-17-18(13-14)27-20(23-17)25-11-9-24(10-12-25)19(26)22-16-6-4-15(21)5-7-16/h3-8,13H,2,9-12H2,1H3,(H,22,26). The number of hydrogen-bond donors (Lipinski definition) is 1. The van der Waals surface area contributed by atoms with Crippen LogP contribution < -0.4 is 10.2 Å². The smallest absolute Gasteiger partial charge is 0.321 e. The number of aryl methyl sites for hydroxylation is 1. The molecule has 1 aliphatic rings. The minimum atomic E-state index is -0.0751. The Labute approximate surface area is 167 Å². The molecule has 0 spiro atoms. The van der Waals surface area contributed by atoms with E-state index < -0.39 is 0 Å². The van der Waals surface area contributed by atoms with Gasteiger partial charge in [0.25, 0.3) is 0 Å². The van der Waals surface area contributed by atoms with E-state index in [4.69, 9.17) is 16.6 Å². The predicted molar refractivity (Wildman–Crippen MR) is 113 cm³/mol. The van der Waals surface area contributed by atoms with Gasteiger partial charge in [-0.3, -0.25) is 0 Å². The normalized spacial score (nSPS) is 14.6. The van der Waals surface area contributed by atoms with Gasteiger partial charge in [0.1, 0.15) is 0 Å². The molecular formula is C20H21ClN4OS. The first-order valence-corrected chi connectivity index (χ1v) is 10.3. The zero-order chi connectivity index (χ0) is 18.8. The Bertz CT molecular complexity index is 948. The van der Waals surface area contributed by atoms with Crippen molar-refractivity contribution in [3.63, 3.8) is 0 Å². The highest BCUT2D eigenvalue weighted by Gasteiger charge is 2.23. The maximum absolute atomic E-state index is 12.5. The average molecular weight is 401 g/mol. The van der Waals surface area contributed by atoms with Gasteiger partial charge in [0.2, 0.25) is 0 Å². The molecule has 1 N–H and O–H groups in total. The van der Waals surface area contributed by atoms with E-state index in [2.05, 4.69) is 35.3 Å². The highest BCUT2D eigenvalue weighted by molar-refractivity contribution is 7.22. The summed E-state index contributed by atoms with van der Waals surface area (Å²) in [7, 11) is 0. The third-order valence-electron chi connectivity index (χ3n) is 4.78. The second-order valence-corrected chi connectivity index (χ2v) is 8.01. The lowest BCUT2D eigenvalue weighted by Gasteiger charge is -2.34. The van der Waals surface area contributed by atoms with Crippen molar-refractivity contribution in [1.29, 1.82) is 0 Å². The van der Waals surface area contributed by atoms with Gasteiger partial charge in [-0.2, -0.15) is 0 Å². The van der Waals surface area contributed by atoms with Crippen LogP contribution in [-0.2, 0) is 6.42 Å². The number of amides is 2.